The number of carbonyl (C=O) groups is 2. The summed E-state index contributed by atoms with van der Waals surface area (Å²) in [6, 6.07) is 13.6. The van der Waals surface area contributed by atoms with Gasteiger partial charge in [0.2, 0.25) is 0 Å². The zero-order valence-electron chi connectivity index (χ0n) is 22.3. The highest BCUT2D eigenvalue weighted by molar-refractivity contribution is 5.79. The van der Waals surface area contributed by atoms with Crippen molar-refractivity contribution in [3.63, 3.8) is 0 Å². The molecule has 11 nitrogen and oxygen atoms in total. The number of benzene rings is 2. The van der Waals surface area contributed by atoms with Crippen LogP contribution in [-0.2, 0) is 14.3 Å². The van der Waals surface area contributed by atoms with E-state index in [1.165, 1.54) is 18.1 Å². The molecule has 0 saturated carbocycles. The molecule has 1 N–H and O–H groups in total. The Morgan fingerprint density at radius 3 is 2.50 bits per heavy atom. The van der Waals surface area contributed by atoms with Crippen molar-refractivity contribution in [3.05, 3.63) is 66.0 Å². The Hall–Kier alpha value is -3.99. The van der Waals surface area contributed by atoms with Gasteiger partial charge in [0.15, 0.2) is 0 Å². The minimum absolute atomic E-state index is 0.288. The Morgan fingerprint density at radius 1 is 1.11 bits per heavy atom. The zero-order valence-corrected chi connectivity index (χ0v) is 22.3. The van der Waals surface area contributed by atoms with Gasteiger partial charge in [0.05, 0.1) is 25.9 Å². The summed E-state index contributed by atoms with van der Waals surface area (Å²) in [5.74, 6) is 0.0131. The smallest absolute Gasteiger partial charge is 0.410 e. The van der Waals surface area contributed by atoms with Gasteiger partial charge < -0.3 is 14.2 Å². The fraction of sp³-hybridized carbons (Fsp3) is 0.444. The van der Waals surface area contributed by atoms with Crippen molar-refractivity contribution in [3.8, 4) is 11.4 Å². The number of tetrazole rings is 1. The second-order valence-corrected chi connectivity index (χ2v) is 10.1. The topological polar surface area (TPSA) is 121 Å². The van der Waals surface area contributed by atoms with E-state index in [0.29, 0.717) is 23.5 Å². The summed E-state index contributed by atoms with van der Waals surface area (Å²) in [4.78, 5) is 28.3. The Balaban J connectivity index is 1.74. The van der Waals surface area contributed by atoms with Crippen LogP contribution in [-0.4, -0.2) is 69.6 Å². The summed E-state index contributed by atoms with van der Waals surface area (Å²) < 4.78 is 18.1. The number of esters is 1. The molecular formula is C27H34N6O5. The molecule has 0 bridgehead atoms. The van der Waals surface area contributed by atoms with Gasteiger partial charge in [-0.1, -0.05) is 30.3 Å². The standard InChI is InChI=1S/C27H34N6O5/c1-27(2,3)38-26(35)32-15-9-12-21(24(32)18-10-7-6-8-11-18)29-23(25(34)37-5)20-16-19(13-14-22(20)36-4)33-17-28-30-31-33/h6-8,10-11,13-14,16-17,21,23-24,29H,9,12,15H2,1-5H3. The van der Waals surface area contributed by atoms with E-state index in [1.54, 1.807) is 30.2 Å². The summed E-state index contributed by atoms with van der Waals surface area (Å²) >= 11 is 0. The highest BCUT2D eigenvalue weighted by Crippen LogP contribution is 2.36. The number of nitrogens with zero attached hydrogens (tertiary/aromatic N) is 5. The van der Waals surface area contributed by atoms with Gasteiger partial charge in [0.25, 0.3) is 0 Å². The minimum Gasteiger partial charge on any atom is -0.496 e. The number of nitrogens with one attached hydrogen (secondary N) is 1. The normalized spacial score (nSPS) is 18.5. The molecule has 3 aromatic rings. The number of likely N-dealkylation sites (tertiary alicyclic amines) is 1. The number of piperidine rings is 1. The quantitative estimate of drug-likeness (QED) is 0.464. The van der Waals surface area contributed by atoms with Crippen molar-refractivity contribution >= 4 is 12.1 Å². The number of hydrogen-bond donors (Lipinski definition) is 1. The maximum absolute atomic E-state index is 13.3. The van der Waals surface area contributed by atoms with Crippen molar-refractivity contribution in [1.29, 1.82) is 0 Å². The van der Waals surface area contributed by atoms with Crippen molar-refractivity contribution in [2.75, 3.05) is 20.8 Å². The van der Waals surface area contributed by atoms with Crippen molar-refractivity contribution in [2.24, 2.45) is 0 Å². The van der Waals surface area contributed by atoms with Crippen molar-refractivity contribution in [2.45, 2.75) is 57.3 Å². The van der Waals surface area contributed by atoms with Crippen molar-refractivity contribution in [1.82, 2.24) is 30.4 Å². The van der Waals surface area contributed by atoms with Crippen LogP contribution >= 0.6 is 0 Å². The Morgan fingerprint density at radius 2 is 1.87 bits per heavy atom. The largest absolute Gasteiger partial charge is 0.496 e. The third-order valence-corrected chi connectivity index (χ3v) is 6.36. The van der Waals surface area contributed by atoms with E-state index in [4.69, 9.17) is 14.2 Å². The summed E-state index contributed by atoms with van der Waals surface area (Å²) in [5, 5.41) is 14.9. The zero-order chi connectivity index (χ0) is 27.3. The highest BCUT2D eigenvalue weighted by atomic mass is 16.6. The van der Waals surface area contributed by atoms with E-state index in [0.717, 1.165) is 18.4 Å². The lowest BCUT2D eigenvalue weighted by atomic mass is 9.89. The van der Waals surface area contributed by atoms with Gasteiger partial charge >= 0.3 is 12.1 Å². The maximum atomic E-state index is 13.3. The van der Waals surface area contributed by atoms with E-state index in [2.05, 4.69) is 20.8 Å². The van der Waals surface area contributed by atoms with Crippen molar-refractivity contribution < 1.29 is 23.8 Å². The molecule has 3 unspecified atom stereocenters. The van der Waals surface area contributed by atoms with Gasteiger partial charge in [-0.15, -0.1) is 5.10 Å². The molecule has 0 aliphatic carbocycles. The first-order chi connectivity index (χ1) is 18.2. The molecule has 1 amide bonds. The van der Waals surface area contributed by atoms with Gasteiger partial charge in [-0.2, -0.15) is 0 Å². The second kappa shape index (κ2) is 11.6. The van der Waals surface area contributed by atoms with Crippen LogP contribution in [0.3, 0.4) is 0 Å². The van der Waals surface area contributed by atoms with Crippen LogP contribution in [0.1, 0.15) is 56.8 Å². The van der Waals surface area contributed by atoms with Crippen LogP contribution in [0.25, 0.3) is 5.69 Å². The van der Waals surface area contributed by atoms with Gasteiger partial charge in [-0.05, 0) is 67.8 Å². The third-order valence-electron chi connectivity index (χ3n) is 6.36. The number of rotatable bonds is 7. The molecule has 0 spiro atoms. The fourth-order valence-electron chi connectivity index (χ4n) is 4.74. The SMILES string of the molecule is COC(=O)C(NC1CCCN(C(=O)OC(C)(C)C)C1c1ccccc1)c1cc(-n2cnnn2)ccc1OC. The van der Waals surface area contributed by atoms with Crippen LogP contribution in [0.15, 0.2) is 54.9 Å². The van der Waals surface area contributed by atoms with Crippen LogP contribution in [0.5, 0.6) is 5.75 Å². The molecule has 11 heteroatoms. The average molecular weight is 523 g/mol. The number of ether oxygens (including phenoxy) is 3. The monoisotopic (exact) mass is 522 g/mol. The molecule has 2 aromatic carbocycles. The Kier molecular flexibility index (Phi) is 8.26. The molecule has 2 heterocycles. The predicted molar refractivity (Wildman–Crippen MR) is 139 cm³/mol. The average Bonchev–Trinajstić information content (AvgIpc) is 3.45. The number of hydrogen-bond acceptors (Lipinski definition) is 9. The summed E-state index contributed by atoms with van der Waals surface area (Å²) in [6.07, 6.45) is 2.53. The molecule has 1 saturated heterocycles. The summed E-state index contributed by atoms with van der Waals surface area (Å²) in [6.45, 7) is 6.07. The Bertz CT molecular complexity index is 1230. The molecular weight excluding hydrogens is 488 g/mol. The van der Waals surface area contributed by atoms with E-state index >= 15 is 0 Å². The molecule has 202 valence electrons. The fourth-order valence-corrected chi connectivity index (χ4v) is 4.74. The number of carbonyl (C=O) groups excluding carboxylic acids is 2. The first-order valence-electron chi connectivity index (χ1n) is 12.5. The van der Waals surface area contributed by atoms with E-state index < -0.39 is 23.7 Å². The van der Waals surface area contributed by atoms with Gasteiger partial charge in [-0.25, -0.2) is 14.3 Å². The molecule has 0 radical (unpaired) electrons. The molecule has 1 aromatic heterocycles. The first kappa shape index (κ1) is 27.1. The molecule has 1 aliphatic rings. The molecule has 1 fully saturated rings. The minimum atomic E-state index is -0.888. The maximum Gasteiger partial charge on any atom is 0.410 e. The van der Waals surface area contributed by atoms with Crippen LogP contribution in [0.4, 0.5) is 4.79 Å². The molecule has 3 atom stereocenters. The van der Waals surface area contributed by atoms with E-state index in [9.17, 15) is 9.59 Å². The lowest BCUT2D eigenvalue weighted by molar-refractivity contribution is -0.143. The summed E-state index contributed by atoms with van der Waals surface area (Å²) in [5.41, 5.74) is 1.51. The van der Waals surface area contributed by atoms with Crippen LogP contribution in [0, 0.1) is 0 Å². The molecule has 4 rings (SSSR count). The van der Waals surface area contributed by atoms with Crippen LogP contribution in [0.2, 0.25) is 0 Å². The third kappa shape index (κ3) is 6.10. The van der Waals surface area contributed by atoms with Crippen LogP contribution < -0.4 is 10.1 Å². The second-order valence-electron chi connectivity index (χ2n) is 10.1. The lowest BCUT2D eigenvalue weighted by Crippen LogP contribution is -2.53. The molecule has 1 aliphatic heterocycles. The van der Waals surface area contributed by atoms with Gasteiger partial charge in [-0.3, -0.25) is 10.2 Å². The van der Waals surface area contributed by atoms with Gasteiger partial charge in [0.1, 0.15) is 23.7 Å². The summed E-state index contributed by atoms with van der Waals surface area (Å²) in [7, 11) is 2.89. The predicted octanol–water partition coefficient (Wildman–Crippen LogP) is 3.62. The van der Waals surface area contributed by atoms with E-state index in [1.807, 2.05) is 51.1 Å². The number of methoxy groups -OCH3 is 2. The van der Waals surface area contributed by atoms with E-state index in [-0.39, 0.29) is 12.1 Å². The van der Waals surface area contributed by atoms with Gasteiger partial charge in [0, 0.05) is 18.2 Å². The number of aromatic nitrogens is 4. The number of amides is 1. The Labute approximate surface area is 222 Å². The lowest BCUT2D eigenvalue weighted by Gasteiger charge is -2.43. The highest BCUT2D eigenvalue weighted by Gasteiger charge is 2.40. The molecule has 38 heavy (non-hydrogen) atoms. The first-order valence-corrected chi connectivity index (χ1v) is 12.5.